The molecule has 0 bridgehead atoms. The number of carbonyl (C=O) groups is 2. The minimum Gasteiger partial charge on any atom is -0.444 e. The van der Waals surface area contributed by atoms with Crippen molar-refractivity contribution in [2.24, 2.45) is 0 Å². The highest BCUT2D eigenvalue weighted by Gasteiger charge is 2.41. The van der Waals surface area contributed by atoms with Gasteiger partial charge in [-0.2, -0.15) is 5.10 Å². The van der Waals surface area contributed by atoms with Crippen molar-refractivity contribution in [3.05, 3.63) is 17.0 Å². The monoisotopic (exact) mass is 293 g/mol. The Morgan fingerprint density at radius 2 is 2.00 bits per heavy atom. The molecular weight excluding hydrogens is 270 g/mol. The van der Waals surface area contributed by atoms with Crippen LogP contribution in [0.5, 0.6) is 0 Å². The molecule has 0 saturated carbocycles. The maximum Gasteiger partial charge on any atom is 0.411 e. The first-order valence-corrected chi connectivity index (χ1v) is 7.19. The van der Waals surface area contributed by atoms with E-state index in [1.807, 2.05) is 0 Å². The van der Waals surface area contributed by atoms with E-state index < -0.39 is 17.2 Å². The van der Waals surface area contributed by atoms with Crippen LogP contribution < -0.4 is 0 Å². The van der Waals surface area contributed by atoms with Crippen LogP contribution in [-0.2, 0) is 27.9 Å². The third-order valence-electron chi connectivity index (χ3n) is 3.88. The fraction of sp³-hybridized carbons (Fsp3) is 0.667. The van der Waals surface area contributed by atoms with Gasteiger partial charge < -0.3 is 9.53 Å². The van der Waals surface area contributed by atoms with Crippen LogP contribution in [0, 0.1) is 0 Å². The Kier molecular flexibility index (Phi) is 3.82. The number of aromatic nitrogens is 2. The summed E-state index contributed by atoms with van der Waals surface area (Å²) in [6.07, 6.45) is 3.08. The lowest BCUT2D eigenvalue weighted by Gasteiger charge is -2.34. The van der Waals surface area contributed by atoms with Gasteiger partial charge in [0, 0.05) is 12.7 Å². The molecule has 6 nitrogen and oxygen atoms in total. The van der Waals surface area contributed by atoms with E-state index in [1.165, 1.54) is 4.90 Å². The van der Waals surface area contributed by atoms with Gasteiger partial charge in [-0.3, -0.25) is 10.00 Å². The highest BCUT2D eigenvalue weighted by atomic mass is 16.6. The SMILES string of the molecule is CN(C(=O)OC(C)(C)C)C(C)(C=O)c1n[nH]c2c1CCC2. The number of aldehydes is 1. The molecule has 0 aliphatic heterocycles. The maximum absolute atomic E-state index is 12.3. The summed E-state index contributed by atoms with van der Waals surface area (Å²) in [5, 5.41) is 7.26. The molecule has 1 atom stereocenters. The standard InChI is InChI=1S/C15H23N3O3/c1-14(2,3)21-13(20)18(5)15(4,9-19)12-10-7-6-8-11(10)16-17-12/h9H,6-8H2,1-5H3,(H,16,17). The number of amides is 1. The fourth-order valence-electron chi connectivity index (χ4n) is 2.55. The molecule has 1 amide bonds. The lowest BCUT2D eigenvalue weighted by molar-refractivity contribution is -0.117. The first-order chi connectivity index (χ1) is 9.69. The second-order valence-corrected chi connectivity index (χ2v) is 6.69. The molecule has 0 aromatic carbocycles. The third-order valence-corrected chi connectivity index (χ3v) is 3.88. The van der Waals surface area contributed by atoms with Crippen LogP contribution in [0.3, 0.4) is 0 Å². The summed E-state index contributed by atoms with van der Waals surface area (Å²) in [6, 6.07) is 0. The molecule has 21 heavy (non-hydrogen) atoms. The number of aryl methyl sites for hydroxylation is 1. The molecule has 1 N–H and O–H groups in total. The number of likely N-dealkylation sites (N-methyl/N-ethyl adjacent to an activating group) is 1. The van der Waals surface area contributed by atoms with E-state index in [-0.39, 0.29) is 0 Å². The van der Waals surface area contributed by atoms with Crippen molar-refractivity contribution in [2.75, 3.05) is 7.05 Å². The van der Waals surface area contributed by atoms with Gasteiger partial charge in [-0.15, -0.1) is 0 Å². The normalized spacial score (nSPS) is 17.0. The molecule has 1 unspecified atom stereocenters. The van der Waals surface area contributed by atoms with E-state index in [0.717, 1.165) is 36.8 Å². The van der Waals surface area contributed by atoms with E-state index >= 15 is 0 Å². The van der Waals surface area contributed by atoms with Crippen molar-refractivity contribution in [2.45, 2.75) is 58.1 Å². The van der Waals surface area contributed by atoms with E-state index in [2.05, 4.69) is 10.2 Å². The smallest absolute Gasteiger partial charge is 0.411 e. The van der Waals surface area contributed by atoms with Gasteiger partial charge in [0.05, 0.1) is 5.69 Å². The second kappa shape index (κ2) is 5.16. The van der Waals surface area contributed by atoms with Crippen LogP contribution in [0.1, 0.15) is 51.1 Å². The van der Waals surface area contributed by atoms with Gasteiger partial charge in [0.1, 0.15) is 11.1 Å². The van der Waals surface area contributed by atoms with Crippen molar-refractivity contribution >= 4 is 12.4 Å². The lowest BCUT2D eigenvalue weighted by Crippen LogP contribution is -2.48. The molecule has 0 saturated heterocycles. The summed E-state index contributed by atoms with van der Waals surface area (Å²) < 4.78 is 5.36. The Hall–Kier alpha value is -1.85. The lowest BCUT2D eigenvalue weighted by atomic mass is 9.94. The summed E-state index contributed by atoms with van der Waals surface area (Å²) in [4.78, 5) is 25.3. The van der Waals surface area contributed by atoms with Crippen LogP contribution in [-0.4, -0.2) is 40.1 Å². The summed E-state index contributed by atoms with van der Waals surface area (Å²) in [5.41, 5.74) is 1.01. The van der Waals surface area contributed by atoms with E-state index in [9.17, 15) is 9.59 Å². The molecule has 1 aromatic rings. The molecule has 1 aliphatic rings. The summed E-state index contributed by atoms with van der Waals surface area (Å²) in [6.45, 7) is 7.08. The Labute approximate surface area is 124 Å². The number of fused-ring (bicyclic) bond motifs is 1. The predicted octanol–water partition coefficient (Wildman–Crippen LogP) is 2.18. The molecule has 1 aromatic heterocycles. The molecule has 1 aliphatic carbocycles. The number of nitrogens with zero attached hydrogens (tertiary/aromatic N) is 2. The topological polar surface area (TPSA) is 75.3 Å². The molecule has 1 heterocycles. The van der Waals surface area contributed by atoms with Crippen molar-refractivity contribution in [1.82, 2.24) is 15.1 Å². The summed E-state index contributed by atoms with van der Waals surface area (Å²) in [5.74, 6) is 0. The molecule has 2 rings (SSSR count). The Bertz CT molecular complexity index is 559. The average Bonchev–Trinajstić information content (AvgIpc) is 2.97. The quantitative estimate of drug-likeness (QED) is 0.867. The number of hydrogen-bond acceptors (Lipinski definition) is 4. The molecule has 0 spiro atoms. The average molecular weight is 293 g/mol. The molecule has 116 valence electrons. The second-order valence-electron chi connectivity index (χ2n) is 6.69. The van der Waals surface area contributed by atoms with Gasteiger partial charge >= 0.3 is 6.09 Å². The molecule has 6 heteroatoms. The van der Waals surface area contributed by atoms with Crippen LogP contribution in [0.4, 0.5) is 4.79 Å². The zero-order valence-electron chi connectivity index (χ0n) is 13.3. The molecule has 0 radical (unpaired) electrons. The van der Waals surface area contributed by atoms with Gasteiger partial charge in [0.25, 0.3) is 0 Å². The number of nitrogens with one attached hydrogen (secondary N) is 1. The number of ether oxygens (including phenoxy) is 1. The van der Waals surface area contributed by atoms with Gasteiger partial charge in [0.15, 0.2) is 6.29 Å². The number of hydrogen-bond donors (Lipinski definition) is 1. The highest BCUT2D eigenvalue weighted by Crippen LogP contribution is 2.33. The molecule has 0 fully saturated rings. The highest BCUT2D eigenvalue weighted by molar-refractivity contribution is 5.78. The van der Waals surface area contributed by atoms with Gasteiger partial charge in [-0.05, 0) is 52.5 Å². The van der Waals surface area contributed by atoms with Crippen LogP contribution in [0.15, 0.2) is 0 Å². The predicted molar refractivity (Wildman–Crippen MR) is 78.0 cm³/mol. The van der Waals surface area contributed by atoms with E-state index in [1.54, 1.807) is 34.7 Å². The fourth-order valence-corrected chi connectivity index (χ4v) is 2.55. The number of aromatic amines is 1. The van der Waals surface area contributed by atoms with E-state index in [4.69, 9.17) is 4.74 Å². The number of H-pyrrole nitrogens is 1. The minimum absolute atomic E-state index is 0.535. The first kappa shape index (κ1) is 15.5. The third kappa shape index (κ3) is 2.80. The Morgan fingerprint density at radius 3 is 2.57 bits per heavy atom. The van der Waals surface area contributed by atoms with Crippen LogP contribution in [0.25, 0.3) is 0 Å². The Balaban J connectivity index is 2.32. The van der Waals surface area contributed by atoms with Gasteiger partial charge in [-0.25, -0.2) is 4.79 Å². The van der Waals surface area contributed by atoms with Crippen molar-refractivity contribution in [3.8, 4) is 0 Å². The number of rotatable bonds is 3. The van der Waals surface area contributed by atoms with Crippen LogP contribution >= 0.6 is 0 Å². The van der Waals surface area contributed by atoms with Crippen molar-refractivity contribution < 1.29 is 14.3 Å². The van der Waals surface area contributed by atoms with Crippen molar-refractivity contribution in [1.29, 1.82) is 0 Å². The zero-order valence-corrected chi connectivity index (χ0v) is 13.3. The number of carbonyl (C=O) groups excluding carboxylic acids is 2. The maximum atomic E-state index is 12.3. The van der Waals surface area contributed by atoms with Gasteiger partial charge in [-0.1, -0.05) is 0 Å². The van der Waals surface area contributed by atoms with Gasteiger partial charge in [0.2, 0.25) is 0 Å². The first-order valence-electron chi connectivity index (χ1n) is 7.19. The van der Waals surface area contributed by atoms with Crippen LogP contribution in [0.2, 0.25) is 0 Å². The van der Waals surface area contributed by atoms with E-state index in [0.29, 0.717) is 5.69 Å². The largest absolute Gasteiger partial charge is 0.444 e. The summed E-state index contributed by atoms with van der Waals surface area (Å²) >= 11 is 0. The molecular formula is C15H23N3O3. The van der Waals surface area contributed by atoms with Crippen molar-refractivity contribution in [3.63, 3.8) is 0 Å². The zero-order chi connectivity index (χ0) is 15.8. The summed E-state index contributed by atoms with van der Waals surface area (Å²) in [7, 11) is 1.57. The minimum atomic E-state index is -1.13. The Morgan fingerprint density at radius 1 is 1.33 bits per heavy atom.